The van der Waals surface area contributed by atoms with E-state index in [4.69, 9.17) is 14.5 Å². The number of aryl methyl sites for hydroxylation is 1. The fraction of sp³-hybridized carbons (Fsp3) is 0.182. The largest absolute Gasteiger partial charge is 0.499 e. The predicted molar refractivity (Wildman–Crippen MR) is 64.1 cm³/mol. The van der Waals surface area contributed by atoms with E-state index in [0.717, 1.165) is 0 Å². The Morgan fingerprint density at radius 3 is 2.75 bits per heavy atom. The molecule has 102 valence electrons. The molecule has 0 bridgehead atoms. The highest BCUT2D eigenvalue weighted by atomic mass is 16.6. The first kappa shape index (κ1) is 13.3. The maximum atomic E-state index is 11.0. The minimum absolute atomic E-state index is 0.000417. The quantitative estimate of drug-likeness (QED) is 0.658. The fourth-order valence-corrected chi connectivity index (χ4v) is 1.67. The molecule has 0 radical (unpaired) electrons. The summed E-state index contributed by atoms with van der Waals surface area (Å²) < 4.78 is 9.63. The lowest BCUT2D eigenvalue weighted by atomic mass is 10.0. The van der Waals surface area contributed by atoms with Crippen molar-refractivity contribution < 1.29 is 19.3 Å². The normalized spacial score (nSPS) is 10.1. The summed E-state index contributed by atoms with van der Waals surface area (Å²) in [6.07, 6.45) is 0. The molecule has 1 heterocycles. The van der Waals surface area contributed by atoms with Gasteiger partial charge in [-0.2, -0.15) is 10.2 Å². The molecule has 0 aliphatic rings. The van der Waals surface area contributed by atoms with E-state index < -0.39 is 16.4 Å². The predicted octanol–water partition coefficient (Wildman–Crippen LogP) is 1.54. The van der Waals surface area contributed by atoms with Crippen LogP contribution in [0.1, 0.15) is 11.5 Å². The topological polar surface area (TPSA) is 135 Å². The van der Waals surface area contributed by atoms with Crippen LogP contribution < -0.4 is 4.74 Å². The number of ether oxygens (including phenoxy) is 1. The molecule has 20 heavy (non-hydrogen) atoms. The molecule has 2 rings (SSSR count). The number of hydrogen-bond acceptors (Lipinski definition) is 8. The molecule has 0 saturated carbocycles. The molecule has 0 saturated heterocycles. The van der Waals surface area contributed by atoms with E-state index in [-0.39, 0.29) is 28.6 Å². The Morgan fingerprint density at radius 1 is 1.60 bits per heavy atom. The highest BCUT2D eigenvalue weighted by Crippen LogP contribution is 2.43. The van der Waals surface area contributed by atoms with Gasteiger partial charge in [0, 0.05) is 6.92 Å². The number of aromatic nitrogens is 2. The first-order chi connectivity index (χ1) is 9.49. The van der Waals surface area contributed by atoms with Gasteiger partial charge in [0.1, 0.15) is 11.6 Å². The molecular weight excluding hydrogens is 268 g/mol. The lowest BCUT2D eigenvalue weighted by molar-refractivity contribution is -0.386. The van der Waals surface area contributed by atoms with E-state index in [1.54, 1.807) is 6.07 Å². The molecule has 0 fully saturated rings. The third kappa shape index (κ3) is 1.99. The van der Waals surface area contributed by atoms with Gasteiger partial charge in [-0.3, -0.25) is 10.1 Å². The van der Waals surface area contributed by atoms with E-state index >= 15 is 0 Å². The van der Waals surface area contributed by atoms with Crippen LogP contribution in [-0.2, 0) is 0 Å². The molecule has 2 aromatic rings. The van der Waals surface area contributed by atoms with Crippen LogP contribution in [0.5, 0.6) is 11.5 Å². The molecule has 1 aromatic heterocycles. The van der Waals surface area contributed by atoms with Crippen LogP contribution in [0.2, 0.25) is 0 Å². The smallest absolute Gasteiger partial charge is 0.333 e. The Bertz CT molecular complexity index is 731. The van der Waals surface area contributed by atoms with Crippen LogP contribution >= 0.6 is 0 Å². The van der Waals surface area contributed by atoms with E-state index in [9.17, 15) is 15.2 Å². The molecule has 0 unspecified atom stereocenters. The van der Waals surface area contributed by atoms with Crippen LogP contribution in [0.4, 0.5) is 5.69 Å². The van der Waals surface area contributed by atoms with Gasteiger partial charge in [-0.25, -0.2) is 0 Å². The number of aromatic hydroxyl groups is 1. The van der Waals surface area contributed by atoms with Crippen molar-refractivity contribution >= 4 is 5.69 Å². The van der Waals surface area contributed by atoms with Crippen molar-refractivity contribution in [3.8, 4) is 29.0 Å². The molecule has 0 aliphatic heterocycles. The highest BCUT2D eigenvalue weighted by Gasteiger charge is 2.29. The van der Waals surface area contributed by atoms with Crippen molar-refractivity contribution in [3.05, 3.63) is 27.6 Å². The molecular formula is C11H8N4O5. The Hall–Kier alpha value is -3.15. The number of benzene rings is 1. The lowest BCUT2D eigenvalue weighted by Gasteiger charge is -2.07. The average Bonchev–Trinajstić information content (AvgIpc) is 2.84. The van der Waals surface area contributed by atoms with E-state index in [1.165, 1.54) is 20.1 Å². The Kier molecular flexibility index (Phi) is 3.22. The van der Waals surface area contributed by atoms with Crippen molar-refractivity contribution in [1.82, 2.24) is 10.1 Å². The van der Waals surface area contributed by atoms with E-state index in [2.05, 4.69) is 10.1 Å². The van der Waals surface area contributed by atoms with Crippen molar-refractivity contribution in [1.29, 1.82) is 5.26 Å². The Morgan fingerprint density at radius 2 is 2.30 bits per heavy atom. The third-order valence-electron chi connectivity index (χ3n) is 2.52. The summed E-state index contributed by atoms with van der Waals surface area (Å²) in [6, 6.07) is 2.91. The number of nitro benzene ring substituents is 1. The Balaban J connectivity index is 2.84. The number of nitrogens with zero attached hydrogens (tertiary/aromatic N) is 4. The number of nitriles is 1. The minimum Gasteiger partial charge on any atom is -0.499 e. The third-order valence-corrected chi connectivity index (χ3v) is 2.52. The van der Waals surface area contributed by atoms with E-state index in [1.807, 2.05) is 0 Å². The first-order valence-corrected chi connectivity index (χ1v) is 5.28. The number of hydrogen-bond donors (Lipinski definition) is 1. The van der Waals surface area contributed by atoms with Crippen molar-refractivity contribution in [2.45, 2.75) is 6.92 Å². The van der Waals surface area contributed by atoms with Gasteiger partial charge in [0.2, 0.25) is 17.5 Å². The SMILES string of the molecule is COc1cc(-c2noc(C)n2)c(C#N)c([N+](=O)[O-])c1O. The molecule has 0 spiro atoms. The van der Waals surface area contributed by atoms with Crippen LogP contribution in [0.25, 0.3) is 11.4 Å². The molecule has 0 amide bonds. The van der Waals surface area contributed by atoms with Gasteiger partial charge in [0.15, 0.2) is 5.75 Å². The molecule has 0 atom stereocenters. The molecule has 1 N–H and O–H groups in total. The molecule has 9 heteroatoms. The summed E-state index contributed by atoms with van der Waals surface area (Å²) in [7, 11) is 1.23. The van der Waals surface area contributed by atoms with Crippen LogP contribution in [0, 0.1) is 28.4 Å². The second kappa shape index (κ2) is 4.85. The minimum atomic E-state index is -0.868. The maximum Gasteiger partial charge on any atom is 0.333 e. The Labute approximate surface area is 112 Å². The number of methoxy groups -OCH3 is 1. The summed E-state index contributed by atoms with van der Waals surface area (Å²) in [5.74, 6) is -0.648. The van der Waals surface area contributed by atoms with Gasteiger partial charge in [-0.05, 0) is 6.07 Å². The number of phenols is 1. The molecule has 0 aliphatic carbocycles. The highest BCUT2D eigenvalue weighted by molar-refractivity contribution is 5.78. The second-order valence-electron chi connectivity index (χ2n) is 3.70. The zero-order valence-corrected chi connectivity index (χ0v) is 10.4. The second-order valence-corrected chi connectivity index (χ2v) is 3.70. The van der Waals surface area contributed by atoms with Gasteiger partial charge in [-0.15, -0.1) is 0 Å². The maximum absolute atomic E-state index is 11.0. The van der Waals surface area contributed by atoms with Crippen molar-refractivity contribution in [3.63, 3.8) is 0 Å². The van der Waals surface area contributed by atoms with Gasteiger partial charge in [-0.1, -0.05) is 5.16 Å². The van der Waals surface area contributed by atoms with E-state index in [0.29, 0.717) is 0 Å². The van der Waals surface area contributed by atoms with Crippen LogP contribution in [-0.4, -0.2) is 27.3 Å². The zero-order chi connectivity index (χ0) is 14.9. The standard InChI is InChI=1S/C11H8N4O5/c1-5-13-11(14-20-5)6-3-8(19-2)10(16)9(15(17)18)7(6)4-12/h3,16H,1-2H3. The monoisotopic (exact) mass is 276 g/mol. The number of rotatable bonds is 3. The van der Waals surface area contributed by atoms with Crippen LogP contribution in [0.3, 0.4) is 0 Å². The van der Waals surface area contributed by atoms with Crippen molar-refractivity contribution in [2.75, 3.05) is 7.11 Å². The summed E-state index contributed by atoms with van der Waals surface area (Å²) in [4.78, 5) is 14.1. The van der Waals surface area contributed by atoms with Gasteiger partial charge < -0.3 is 14.4 Å². The molecule has 9 nitrogen and oxygen atoms in total. The fourth-order valence-electron chi connectivity index (χ4n) is 1.67. The van der Waals surface area contributed by atoms with Gasteiger partial charge in [0.25, 0.3) is 0 Å². The summed E-state index contributed by atoms with van der Waals surface area (Å²) in [5, 5.41) is 33.5. The number of phenolic OH excluding ortho intramolecular Hbond substituents is 1. The average molecular weight is 276 g/mol. The summed E-state index contributed by atoms with van der Waals surface area (Å²) in [5.41, 5.74) is -1.08. The lowest BCUT2D eigenvalue weighted by Crippen LogP contribution is -1.99. The van der Waals surface area contributed by atoms with Gasteiger partial charge >= 0.3 is 5.69 Å². The zero-order valence-electron chi connectivity index (χ0n) is 10.4. The van der Waals surface area contributed by atoms with Gasteiger partial charge in [0.05, 0.1) is 17.6 Å². The number of nitro groups is 1. The summed E-state index contributed by atoms with van der Waals surface area (Å²) in [6.45, 7) is 1.54. The van der Waals surface area contributed by atoms with Crippen LogP contribution in [0.15, 0.2) is 10.6 Å². The van der Waals surface area contributed by atoms with Crippen molar-refractivity contribution in [2.24, 2.45) is 0 Å². The molecule has 1 aromatic carbocycles. The summed E-state index contributed by atoms with van der Waals surface area (Å²) >= 11 is 0. The first-order valence-electron chi connectivity index (χ1n) is 5.28.